The summed E-state index contributed by atoms with van der Waals surface area (Å²) in [5, 5.41) is 12.7. The van der Waals surface area contributed by atoms with Crippen LogP contribution >= 0.6 is 11.6 Å². The summed E-state index contributed by atoms with van der Waals surface area (Å²) in [7, 11) is 0. The fraction of sp³-hybridized carbons (Fsp3) is 0.562. The van der Waals surface area contributed by atoms with Crippen molar-refractivity contribution in [2.45, 2.75) is 39.0 Å². The fourth-order valence-corrected chi connectivity index (χ4v) is 2.56. The lowest BCUT2D eigenvalue weighted by atomic mass is 10.0. The topological polar surface area (TPSA) is 49.3 Å². The number of hydrogen-bond donors (Lipinski definition) is 2. The quantitative estimate of drug-likeness (QED) is 0.812. The van der Waals surface area contributed by atoms with Crippen LogP contribution in [0.1, 0.15) is 36.8 Å². The van der Waals surface area contributed by atoms with Crippen LogP contribution in [-0.2, 0) is 11.2 Å². The molecule has 3 nitrogen and oxygen atoms in total. The molecule has 0 radical (unpaired) electrons. The number of aliphatic hydroxyl groups excluding tert-OH is 1. The number of nitrogens with one attached hydrogen (secondary N) is 1. The van der Waals surface area contributed by atoms with Gasteiger partial charge in [-0.15, -0.1) is 0 Å². The minimum absolute atomic E-state index is 0.0749. The Morgan fingerprint density at radius 3 is 2.80 bits per heavy atom. The maximum atomic E-state index is 11.8. The van der Waals surface area contributed by atoms with Gasteiger partial charge in [-0.1, -0.05) is 23.7 Å². The summed E-state index contributed by atoms with van der Waals surface area (Å²) in [4.78, 5) is 11.8. The van der Waals surface area contributed by atoms with Gasteiger partial charge < -0.3 is 10.4 Å². The first kappa shape index (κ1) is 15.3. The SMILES string of the molecule is Cc1ccc(CCC(=O)NCC2(CCO)CC2)cc1Cl. The number of rotatable bonds is 7. The van der Waals surface area contributed by atoms with Gasteiger partial charge >= 0.3 is 0 Å². The van der Waals surface area contributed by atoms with E-state index in [1.165, 1.54) is 0 Å². The fourth-order valence-electron chi connectivity index (χ4n) is 2.35. The summed E-state index contributed by atoms with van der Waals surface area (Å²) in [6.45, 7) is 2.87. The summed E-state index contributed by atoms with van der Waals surface area (Å²) < 4.78 is 0. The van der Waals surface area contributed by atoms with Crippen LogP contribution in [0, 0.1) is 12.3 Å². The third kappa shape index (κ3) is 4.22. The molecule has 1 aromatic rings. The Morgan fingerprint density at radius 1 is 1.45 bits per heavy atom. The van der Waals surface area contributed by atoms with Gasteiger partial charge in [-0.25, -0.2) is 0 Å². The zero-order valence-corrected chi connectivity index (χ0v) is 12.7. The van der Waals surface area contributed by atoms with E-state index in [0.717, 1.165) is 35.4 Å². The standard InChI is InChI=1S/C16H22ClNO2/c1-12-2-3-13(10-14(12)17)4-5-15(20)18-11-16(6-7-16)8-9-19/h2-3,10,19H,4-9,11H2,1H3,(H,18,20). The van der Waals surface area contributed by atoms with E-state index in [-0.39, 0.29) is 17.9 Å². The summed E-state index contributed by atoms with van der Waals surface area (Å²) >= 11 is 6.07. The molecule has 2 N–H and O–H groups in total. The van der Waals surface area contributed by atoms with E-state index in [1.807, 2.05) is 25.1 Å². The number of aryl methyl sites for hydroxylation is 2. The van der Waals surface area contributed by atoms with Crippen molar-refractivity contribution in [3.05, 3.63) is 34.3 Å². The van der Waals surface area contributed by atoms with Gasteiger partial charge in [0.2, 0.25) is 5.91 Å². The predicted octanol–water partition coefficient (Wildman–Crippen LogP) is 2.86. The average Bonchev–Trinajstić information content (AvgIpc) is 3.18. The number of carbonyl (C=O) groups is 1. The number of carbonyl (C=O) groups excluding carboxylic acids is 1. The van der Waals surface area contributed by atoms with E-state index in [4.69, 9.17) is 16.7 Å². The third-order valence-corrected chi connectivity index (χ3v) is 4.54. The van der Waals surface area contributed by atoms with Crippen molar-refractivity contribution in [3.63, 3.8) is 0 Å². The molecule has 0 aliphatic heterocycles. The van der Waals surface area contributed by atoms with Crippen molar-refractivity contribution < 1.29 is 9.90 Å². The van der Waals surface area contributed by atoms with Gasteiger partial charge in [-0.3, -0.25) is 4.79 Å². The van der Waals surface area contributed by atoms with Crippen LogP contribution in [0.2, 0.25) is 5.02 Å². The predicted molar refractivity (Wildman–Crippen MR) is 80.9 cm³/mol. The zero-order chi connectivity index (χ0) is 14.6. The molecule has 0 saturated heterocycles. The molecule has 0 spiro atoms. The first-order chi connectivity index (χ1) is 9.54. The Morgan fingerprint density at radius 2 is 2.20 bits per heavy atom. The lowest BCUT2D eigenvalue weighted by Crippen LogP contribution is -2.30. The Kier molecular flexibility index (Phi) is 5.06. The number of halogens is 1. The molecule has 20 heavy (non-hydrogen) atoms. The Balaban J connectivity index is 1.73. The first-order valence-electron chi connectivity index (χ1n) is 7.17. The molecule has 0 bridgehead atoms. The van der Waals surface area contributed by atoms with Crippen LogP contribution in [0.15, 0.2) is 18.2 Å². The maximum absolute atomic E-state index is 11.8. The summed E-state index contributed by atoms with van der Waals surface area (Å²) in [6.07, 6.45) is 4.21. The highest BCUT2D eigenvalue weighted by molar-refractivity contribution is 6.31. The molecule has 4 heteroatoms. The molecule has 1 aromatic carbocycles. The second-order valence-corrected chi connectivity index (χ2v) is 6.24. The minimum Gasteiger partial charge on any atom is -0.396 e. The molecule has 0 unspecified atom stereocenters. The first-order valence-corrected chi connectivity index (χ1v) is 7.55. The highest BCUT2D eigenvalue weighted by Crippen LogP contribution is 2.47. The number of amides is 1. The van der Waals surface area contributed by atoms with Gasteiger partial charge in [0.05, 0.1) is 0 Å². The van der Waals surface area contributed by atoms with E-state index in [0.29, 0.717) is 19.4 Å². The molecule has 1 aliphatic rings. The second-order valence-electron chi connectivity index (χ2n) is 5.83. The van der Waals surface area contributed by atoms with Crippen LogP contribution in [-0.4, -0.2) is 24.2 Å². The normalized spacial score (nSPS) is 15.9. The summed E-state index contributed by atoms with van der Waals surface area (Å²) in [5.74, 6) is 0.0749. The number of hydrogen-bond acceptors (Lipinski definition) is 2. The molecule has 0 aromatic heterocycles. The van der Waals surface area contributed by atoms with Crippen LogP contribution in [0.5, 0.6) is 0 Å². The molecule has 0 heterocycles. The van der Waals surface area contributed by atoms with Crippen molar-refractivity contribution in [3.8, 4) is 0 Å². The molecule has 1 aliphatic carbocycles. The van der Waals surface area contributed by atoms with Crippen molar-refractivity contribution >= 4 is 17.5 Å². The summed E-state index contributed by atoms with van der Waals surface area (Å²) in [5.41, 5.74) is 2.32. The van der Waals surface area contributed by atoms with Crippen LogP contribution < -0.4 is 5.32 Å². The number of benzene rings is 1. The zero-order valence-electron chi connectivity index (χ0n) is 11.9. The van der Waals surface area contributed by atoms with Gasteiger partial charge in [-0.2, -0.15) is 0 Å². The van der Waals surface area contributed by atoms with E-state index in [2.05, 4.69) is 5.32 Å². The van der Waals surface area contributed by atoms with Gasteiger partial charge in [0.25, 0.3) is 0 Å². The third-order valence-electron chi connectivity index (χ3n) is 4.14. The molecule has 2 rings (SSSR count). The van der Waals surface area contributed by atoms with Crippen molar-refractivity contribution in [2.75, 3.05) is 13.2 Å². The molecule has 1 saturated carbocycles. The van der Waals surface area contributed by atoms with Gasteiger partial charge in [0.1, 0.15) is 0 Å². The Bertz CT molecular complexity index is 483. The van der Waals surface area contributed by atoms with Crippen molar-refractivity contribution in [2.24, 2.45) is 5.41 Å². The monoisotopic (exact) mass is 295 g/mol. The maximum Gasteiger partial charge on any atom is 0.220 e. The van der Waals surface area contributed by atoms with Crippen molar-refractivity contribution in [1.29, 1.82) is 0 Å². The Labute approximate surface area is 125 Å². The highest BCUT2D eigenvalue weighted by Gasteiger charge is 2.41. The smallest absolute Gasteiger partial charge is 0.220 e. The molecule has 110 valence electrons. The average molecular weight is 296 g/mol. The van der Waals surface area contributed by atoms with Crippen LogP contribution in [0.25, 0.3) is 0 Å². The van der Waals surface area contributed by atoms with E-state index >= 15 is 0 Å². The van der Waals surface area contributed by atoms with Gasteiger partial charge in [0.15, 0.2) is 0 Å². The van der Waals surface area contributed by atoms with E-state index < -0.39 is 0 Å². The van der Waals surface area contributed by atoms with E-state index in [1.54, 1.807) is 0 Å². The highest BCUT2D eigenvalue weighted by atomic mass is 35.5. The largest absolute Gasteiger partial charge is 0.396 e. The summed E-state index contributed by atoms with van der Waals surface area (Å²) in [6, 6.07) is 5.93. The lowest BCUT2D eigenvalue weighted by Gasteiger charge is -2.14. The molecule has 0 atom stereocenters. The molecular formula is C16H22ClNO2. The lowest BCUT2D eigenvalue weighted by molar-refractivity contribution is -0.121. The molecular weight excluding hydrogens is 274 g/mol. The second kappa shape index (κ2) is 6.59. The number of aliphatic hydroxyl groups is 1. The molecule has 1 amide bonds. The molecule has 1 fully saturated rings. The van der Waals surface area contributed by atoms with Gasteiger partial charge in [-0.05, 0) is 55.2 Å². The van der Waals surface area contributed by atoms with Crippen molar-refractivity contribution in [1.82, 2.24) is 5.32 Å². The Hall–Kier alpha value is -1.06. The van der Waals surface area contributed by atoms with Crippen LogP contribution in [0.4, 0.5) is 0 Å². The van der Waals surface area contributed by atoms with Gasteiger partial charge in [0, 0.05) is 24.6 Å². The minimum atomic E-state index is 0.0749. The van der Waals surface area contributed by atoms with Crippen LogP contribution in [0.3, 0.4) is 0 Å². The van der Waals surface area contributed by atoms with E-state index in [9.17, 15) is 4.79 Å².